The van der Waals surface area contributed by atoms with Crippen LogP contribution in [0, 0.1) is 12.7 Å². The number of hydrogen-bond acceptors (Lipinski definition) is 3. The van der Waals surface area contributed by atoms with Gasteiger partial charge in [0.2, 0.25) is 0 Å². The van der Waals surface area contributed by atoms with E-state index >= 15 is 0 Å². The highest BCUT2D eigenvalue weighted by atomic mass is 35.5. The van der Waals surface area contributed by atoms with Crippen molar-refractivity contribution in [1.82, 2.24) is 14.3 Å². The number of rotatable bonds is 7. The van der Waals surface area contributed by atoms with E-state index in [9.17, 15) is 9.50 Å². The first-order valence-corrected chi connectivity index (χ1v) is 9.12. The molecule has 0 radical (unpaired) electrons. The highest BCUT2D eigenvalue weighted by molar-refractivity contribution is 6.30. The summed E-state index contributed by atoms with van der Waals surface area (Å²) >= 11 is 6.16. The van der Waals surface area contributed by atoms with Crippen molar-refractivity contribution in [3.05, 3.63) is 70.4 Å². The van der Waals surface area contributed by atoms with Gasteiger partial charge in [-0.3, -0.25) is 4.90 Å². The van der Waals surface area contributed by atoms with Crippen LogP contribution in [0.15, 0.2) is 42.6 Å². The lowest BCUT2D eigenvalue weighted by Crippen LogP contribution is -2.37. The molecule has 0 aliphatic carbocycles. The van der Waals surface area contributed by atoms with Crippen LogP contribution in [0.25, 0.3) is 5.65 Å². The first-order valence-electron chi connectivity index (χ1n) is 8.74. The number of aliphatic hydroxyl groups is 1. The molecule has 2 aromatic heterocycles. The number of hydrogen-bond donors (Lipinski definition) is 1. The van der Waals surface area contributed by atoms with Gasteiger partial charge in [-0.05, 0) is 43.2 Å². The lowest BCUT2D eigenvalue weighted by molar-refractivity contribution is 0.105. The van der Waals surface area contributed by atoms with Crippen molar-refractivity contribution in [3.63, 3.8) is 0 Å². The van der Waals surface area contributed by atoms with Crippen molar-refractivity contribution in [2.75, 3.05) is 6.61 Å². The molecule has 2 heterocycles. The molecular weight excluding hydrogens is 353 g/mol. The van der Waals surface area contributed by atoms with Crippen molar-refractivity contribution >= 4 is 17.2 Å². The molecule has 0 fully saturated rings. The van der Waals surface area contributed by atoms with Gasteiger partial charge in [0.1, 0.15) is 11.5 Å². The van der Waals surface area contributed by atoms with E-state index in [0.717, 1.165) is 29.0 Å². The quantitative estimate of drug-likeness (QED) is 0.672. The Bertz CT molecular complexity index is 875. The molecule has 1 atom stereocenters. The van der Waals surface area contributed by atoms with Gasteiger partial charge >= 0.3 is 0 Å². The van der Waals surface area contributed by atoms with Crippen molar-refractivity contribution in [2.45, 2.75) is 39.4 Å². The number of aliphatic hydroxyl groups excluding tert-OH is 1. The van der Waals surface area contributed by atoms with Gasteiger partial charge < -0.3 is 9.51 Å². The Hall–Kier alpha value is -1.95. The van der Waals surface area contributed by atoms with Gasteiger partial charge in [0.05, 0.1) is 23.0 Å². The SMILES string of the molecule is CC[C@H](CO)N(Cc1ccc(F)cc1)Cc1c(C)nc2ccc(Cl)cn12. The predicted molar refractivity (Wildman–Crippen MR) is 102 cm³/mol. The van der Waals surface area contributed by atoms with Crippen LogP contribution >= 0.6 is 11.6 Å². The Morgan fingerprint density at radius 2 is 1.92 bits per heavy atom. The maximum atomic E-state index is 13.2. The zero-order chi connectivity index (χ0) is 18.7. The molecule has 3 rings (SSSR count). The van der Waals surface area contributed by atoms with Gasteiger partial charge in [-0.15, -0.1) is 0 Å². The predicted octanol–water partition coefficient (Wildman–Crippen LogP) is 4.21. The summed E-state index contributed by atoms with van der Waals surface area (Å²) in [7, 11) is 0. The van der Waals surface area contributed by atoms with E-state index in [1.165, 1.54) is 12.1 Å². The molecule has 4 nitrogen and oxygen atoms in total. The van der Waals surface area contributed by atoms with Crippen molar-refractivity contribution < 1.29 is 9.50 Å². The lowest BCUT2D eigenvalue weighted by atomic mass is 10.1. The van der Waals surface area contributed by atoms with Gasteiger partial charge in [-0.25, -0.2) is 9.37 Å². The number of nitrogens with zero attached hydrogens (tertiary/aromatic N) is 3. The van der Waals surface area contributed by atoms with E-state index in [0.29, 0.717) is 18.1 Å². The number of benzene rings is 1. The van der Waals surface area contributed by atoms with Crippen LogP contribution < -0.4 is 0 Å². The normalized spacial score (nSPS) is 12.8. The summed E-state index contributed by atoms with van der Waals surface area (Å²) in [6.07, 6.45) is 2.68. The third-order valence-corrected chi connectivity index (χ3v) is 4.96. The Kier molecular flexibility index (Phi) is 5.91. The molecule has 0 amide bonds. The fourth-order valence-electron chi connectivity index (χ4n) is 3.21. The Balaban J connectivity index is 1.94. The topological polar surface area (TPSA) is 40.8 Å². The molecule has 26 heavy (non-hydrogen) atoms. The Morgan fingerprint density at radius 3 is 2.58 bits per heavy atom. The van der Waals surface area contributed by atoms with Gasteiger partial charge in [-0.1, -0.05) is 30.7 Å². The fourth-order valence-corrected chi connectivity index (χ4v) is 3.37. The molecule has 0 saturated heterocycles. The average Bonchev–Trinajstić information content (AvgIpc) is 2.93. The minimum atomic E-state index is -0.248. The largest absolute Gasteiger partial charge is 0.395 e. The van der Waals surface area contributed by atoms with Crippen LogP contribution in [0.5, 0.6) is 0 Å². The van der Waals surface area contributed by atoms with Gasteiger partial charge in [-0.2, -0.15) is 0 Å². The van der Waals surface area contributed by atoms with Gasteiger partial charge in [0.25, 0.3) is 0 Å². The molecule has 6 heteroatoms. The third kappa shape index (κ3) is 4.06. The molecule has 0 spiro atoms. The summed E-state index contributed by atoms with van der Waals surface area (Å²) in [5.41, 5.74) is 3.82. The average molecular weight is 376 g/mol. The second-order valence-corrected chi connectivity index (χ2v) is 6.93. The smallest absolute Gasteiger partial charge is 0.137 e. The summed E-state index contributed by atoms with van der Waals surface area (Å²) in [6, 6.07) is 10.2. The zero-order valence-electron chi connectivity index (χ0n) is 15.0. The lowest BCUT2D eigenvalue weighted by Gasteiger charge is -2.30. The number of fused-ring (bicyclic) bond motifs is 1. The number of aryl methyl sites for hydroxylation is 1. The van der Waals surface area contributed by atoms with Crippen molar-refractivity contribution in [3.8, 4) is 0 Å². The fraction of sp³-hybridized carbons (Fsp3) is 0.350. The molecular formula is C20H23ClFN3O. The summed E-state index contributed by atoms with van der Waals surface area (Å²) in [4.78, 5) is 6.80. The van der Waals surface area contributed by atoms with Crippen molar-refractivity contribution in [2.24, 2.45) is 0 Å². The Morgan fingerprint density at radius 1 is 1.19 bits per heavy atom. The molecule has 0 aliphatic rings. The summed E-state index contributed by atoms with van der Waals surface area (Å²) < 4.78 is 15.2. The molecule has 1 aromatic carbocycles. The van der Waals surface area contributed by atoms with E-state index in [1.807, 2.05) is 29.7 Å². The van der Waals surface area contributed by atoms with E-state index in [2.05, 4.69) is 16.8 Å². The Labute approximate surface area is 157 Å². The first kappa shape index (κ1) is 18.8. The third-order valence-electron chi connectivity index (χ3n) is 4.73. The molecule has 3 aromatic rings. The van der Waals surface area contributed by atoms with E-state index < -0.39 is 0 Å². The van der Waals surface area contributed by atoms with Crippen LogP contribution in [0.2, 0.25) is 5.02 Å². The standard InChI is InChI=1S/C20H23ClFN3O/c1-3-18(13-26)24(10-15-4-7-17(22)8-5-15)12-19-14(2)23-20-9-6-16(21)11-25(19)20/h4-9,11,18,26H,3,10,12-13H2,1-2H3/t18-/m1/s1. The van der Waals surface area contributed by atoms with Gasteiger partial charge in [0, 0.05) is 25.3 Å². The summed E-state index contributed by atoms with van der Waals surface area (Å²) in [5.74, 6) is -0.248. The second-order valence-electron chi connectivity index (χ2n) is 6.50. The first-order chi connectivity index (χ1) is 12.5. The van der Waals surface area contributed by atoms with Crippen LogP contribution in [0.1, 0.15) is 30.3 Å². The van der Waals surface area contributed by atoms with E-state index in [-0.39, 0.29) is 18.5 Å². The molecule has 0 aliphatic heterocycles. The number of halogens is 2. The van der Waals surface area contributed by atoms with E-state index in [1.54, 1.807) is 12.1 Å². The second kappa shape index (κ2) is 8.16. The maximum Gasteiger partial charge on any atom is 0.137 e. The van der Waals surface area contributed by atoms with Crippen LogP contribution in [0.4, 0.5) is 4.39 Å². The number of aromatic nitrogens is 2. The summed E-state index contributed by atoms with van der Waals surface area (Å²) in [6.45, 7) is 5.33. The monoisotopic (exact) mass is 375 g/mol. The van der Waals surface area contributed by atoms with Crippen LogP contribution in [-0.2, 0) is 13.1 Å². The zero-order valence-corrected chi connectivity index (χ0v) is 15.7. The summed E-state index contributed by atoms with van der Waals surface area (Å²) in [5, 5.41) is 10.5. The minimum absolute atomic E-state index is 0.00388. The van der Waals surface area contributed by atoms with Crippen LogP contribution in [0.3, 0.4) is 0 Å². The molecule has 0 bridgehead atoms. The molecule has 1 N–H and O–H groups in total. The van der Waals surface area contributed by atoms with E-state index in [4.69, 9.17) is 11.6 Å². The minimum Gasteiger partial charge on any atom is -0.395 e. The molecule has 138 valence electrons. The van der Waals surface area contributed by atoms with Gasteiger partial charge in [0.15, 0.2) is 0 Å². The molecule has 0 unspecified atom stereocenters. The highest BCUT2D eigenvalue weighted by Crippen LogP contribution is 2.21. The van der Waals surface area contributed by atoms with Crippen molar-refractivity contribution in [1.29, 1.82) is 0 Å². The highest BCUT2D eigenvalue weighted by Gasteiger charge is 2.20. The molecule has 0 saturated carbocycles. The number of pyridine rings is 1. The maximum absolute atomic E-state index is 13.2. The van der Waals surface area contributed by atoms with Crippen LogP contribution in [-0.4, -0.2) is 32.0 Å². The number of imidazole rings is 1.